The van der Waals surface area contributed by atoms with E-state index in [2.05, 4.69) is 5.32 Å². The predicted molar refractivity (Wildman–Crippen MR) is 71.0 cm³/mol. The Morgan fingerprint density at radius 3 is 2.22 bits per heavy atom. The molecule has 0 bridgehead atoms. The van der Waals surface area contributed by atoms with E-state index in [4.69, 9.17) is 15.2 Å². The Morgan fingerprint density at radius 2 is 1.83 bits per heavy atom. The third-order valence-corrected chi connectivity index (χ3v) is 2.77. The number of benzene rings is 1. The van der Waals surface area contributed by atoms with E-state index >= 15 is 0 Å². The number of nitrogens with two attached hydrogens (primary N) is 1. The van der Waals surface area contributed by atoms with Crippen LogP contribution in [0.1, 0.15) is 13.3 Å². The molecule has 1 amide bonds. The van der Waals surface area contributed by atoms with Crippen LogP contribution in [0.5, 0.6) is 11.5 Å². The highest BCUT2D eigenvalue weighted by Crippen LogP contribution is 2.26. The van der Waals surface area contributed by atoms with Crippen LogP contribution in [0.4, 0.5) is 5.69 Å². The first-order valence-corrected chi connectivity index (χ1v) is 5.88. The van der Waals surface area contributed by atoms with Crippen LogP contribution in [0.25, 0.3) is 0 Å². The maximum absolute atomic E-state index is 11.9. The Kier molecular flexibility index (Phi) is 5.45. The van der Waals surface area contributed by atoms with Crippen LogP contribution in [0.3, 0.4) is 0 Å². The summed E-state index contributed by atoms with van der Waals surface area (Å²) in [5, 5.41) is 2.81. The Morgan fingerprint density at radius 1 is 1.28 bits per heavy atom. The Bertz CT molecular complexity index is 381. The number of carbonyl (C=O) groups excluding carboxylic acids is 1. The molecule has 0 heterocycles. The van der Waals surface area contributed by atoms with Gasteiger partial charge in [0.05, 0.1) is 20.1 Å². The lowest BCUT2D eigenvalue weighted by atomic mass is 10.1. The van der Waals surface area contributed by atoms with Gasteiger partial charge in [-0.25, -0.2) is 0 Å². The van der Waals surface area contributed by atoms with Crippen molar-refractivity contribution in [3.63, 3.8) is 0 Å². The van der Waals surface area contributed by atoms with Gasteiger partial charge in [-0.1, -0.05) is 6.92 Å². The maximum atomic E-state index is 11.9. The summed E-state index contributed by atoms with van der Waals surface area (Å²) in [6, 6.07) is 5.23. The molecule has 0 spiro atoms. The Labute approximate surface area is 107 Å². The van der Waals surface area contributed by atoms with Crippen molar-refractivity contribution < 1.29 is 14.3 Å². The summed E-state index contributed by atoms with van der Waals surface area (Å²) >= 11 is 0. The van der Waals surface area contributed by atoms with Crippen molar-refractivity contribution >= 4 is 11.6 Å². The zero-order chi connectivity index (χ0) is 13.5. The quantitative estimate of drug-likeness (QED) is 0.807. The van der Waals surface area contributed by atoms with Gasteiger partial charge in [-0.3, -0.25) is 4.79 Å². The molecule has 0 saturated heterocycles. The molecule has 1 rings (SSSR count). The minimum atomic E-state index is -0.179. The molecule has 0 aliphatic rings. The summed E-state index contributed by atoms with van der Waals surface area (Å²) in [5.41, 5.74) is 6.18. The van der Waals surface area contributed by atoms with Gasteiger partial charge in [0.25, 0.3) is 0 Å². The first-order valence-electron chi connectivity index (χ1n) is 5.88. The number of anilines is 1. The van der Waals surface area contributed by atoms with Gasteiger partial charge in [0, 0.05) is 30.4 Å². The number of ether oxygens (including phenoxy) is 2. The van der Waals surface area contributed by atoms with Crippen LogP contribution < -0.4 is 20.5 Å². The summed E-state index contributed by atoms with van der Waals surface area (Å²) in [6.07, 6.45) is 0.712. The van der Waals surface area contributed by atoms with Crippen molar-refractivity contribution in [3.8, 4) is 11.5 Å². The van der Waals surface area contributed by atoms with E-state index in [0.717, 1.165) is 0 Å². The highest BCUT2D eigenvalue weighted by Gasteiger charge is 2.15. The van der Waals surface area contributed by atoms with Gasteiger partial charge < -0.3 is 20.5 Å². The molecule has 1 unspecified atom stereocenters. The van der Waals surface area contributed by atoms with Crippen LogP contribution in [0.2, 0.25) is 0 Å². The van der Waals surface area contributed by atoms with Crippen molar-refractivity contribution in [2.75, 3.05) is 26.1 Å². The van der Waals surface area contributed by atoms with E-state index in [-0.39, 0.29) is 11.8 Å². The number of hydrogen-bond acceptors (Lipinski definition) is 4. The van der Waals surface area contributed by atoms with Crippen molar-refractivity contribution in [1.29, 1.82) is 0 Å². The van der Waals surface area contributed by atoms with Crippen molar-refractivity contribution in [3.05, 3.63) is 18.2 Å². The molecule has 1 aromatic carbocycles. The first kappa shape index (κ1) is 14.3. The molecule has 0 aliphatic carbocycles. The van der Waals surface area contributed by atoms with Crippen molar-refractivity contribution in [1.82, 2.24) is 0 Å². The van der Waals surface area contributed by atoms with Gasteiger partial charge in [0.15, 0.2) is 0 Å². The predicted octanol–water partition coefficient (Wildman–Crippen LogP) is 1.63. The number of carbonyl (C=O) groups is 1. The molecule has 1 atom stereocenters. The van der Waals surface area contributed by atoms with Gasteiger partial charge in [-0.05, 0) is 6.42 Å². The number of methoxy groups -OCH3 is 2. The van der Waals surface area contributed by atoms with Crippen molar-refractivity contribution in [2.24, 2.45) is 11.7 Å². The average molecular weight is 252 g/mol. The minimum Gasteiger partial charge on any atom is -0.497 e. The molecule has 18 heavy (non-hydrogen) atoms. The number of amides is 1. The fraction of sp³-hybridized carbons (Fsp3) is 0.462. The molecule has 5 heteroatoms. The third-order valence-electron chi connectivity index (χ3n) is 2.77. The van der Waals surface area contributed by atoms with Crippen LogP contribution in [-0.4, -0.2) is 26.7 Å². The zero-order valence-corrected chi connectivity index (χ0v) is 11.0. The van der Waals surface area contributed by atoms with Crippen molar-refractivity contribution in [2.45, 2.75) is 13.3 Å². The fourth-order valence-corrected chi connectivity index (χ4v) is 1.58. The summed E-state index contributed by atoms with van der Waals surface area (Å²) < 4.78 is 10.3. The van der Waals surface area contributed by atoms with Crippen LogP contribution >= 0.6 is 0 Å². The number of nitrogens with one attached hydrogen (secondary N) is 1. The second-order valence-electron chi connectivity index (χ2n) is 3.93. The molecule has 100 valence electrons. The summed E-state index contributed by atoms with van der Waals surface area (Å²) in [4.78, 5) is 11.9. The van der Waals surface area contributed by atoms with Crippen LogP contribution in [-0.2, 0) is 4.79 Å². The topological polar surface area (TPSA) is 73.6 Å². The summed E-state index contributed by atoms with van der Waals surface area (Å²) in [5.74, 6) is 0.994. The molecule has 0 radical (unpaired) electrons. The summed E-state index contributed by atoms with van der Waals surface area (Å²) in [7, 11) is 3.13. The molecule has 0 fully saturated rings. The standard InChI is InChI=1S/C13H20N2O3/c1-4-9(8-14)13(16)15-10-5-11(17-2)7-12(6-10)18-3/h5-7,9H,4,8,14H2,1-3H3,(H,15,16). The first-order chi connectivity index (χ1) is 8.64. The highest BCUT2D eigenvalue weighted by molar-refractivity contribution is 5.93. The van der Waals surface area contributed by atoms with Gasteiger partial charge in [-0.2, -0.15) is 0 Å². The van der Waals surface area contributed by atoms with E-state index in [1.54, 1.807) is 32.4 Å². The van der Waals surface area contributed by atoms with Crippen LogP contribution in [0.15, 0.2) is 18.2 Å². The zero-order valence-electron chi connectivity index (χ0n) is 11.0. The lowest BCUT2D eigenvalue weighted by Crippen LogP contribution is -2.28. The van der Waals surface area contributed by atoms with E-state index in [1.165, 1.54) is 0 Å². The summed E-state index contributed by atoms with van der Waals surface area (Å²) in [6.45, 7) is 2.27. The molecule has 0 aromatic heterocycles. The lowest BCUT2D eigenvalue weighted by Gasteiger charge is -2.14. The third kappa shape index (κ3) is 3.63. The largest absolute Gasteiger partial charge is 0.497 e. The molecular formula is C13H20N2O3. The minimum absolute atomic E-state index is 0.0877. The molecule has 0 aliphatic heterocycles. The monoisotopic (exact) mass is 252 g/mol. The van der Waals surface area contributed by atoms with Gasteiger partial charge >= 0.3 is 0 Å². The highest BCUT2D eigenvalue weighted by atomic mass is 16.5. The van der Waals surface area contributed by atoms with Gasteiger partial charge in [0.1, 0.15) is 11.5 Å². The van der Waals surface area contributed by atoms with Crippen LogP contribution in [0, 0.1) is 5.92 Å². The normalized spacial score (nSPS) is 11.8. The lowest BCUT2D eigenvalue weighted by molar-refractivity contribution is -0.119. The number of hydrogen-bond donors (Lipinski definition) is 2. The Hall–Kier alpha value is -1.75. The van der Waals surface area contributed by atoms with E-state index < -0.39 is 0 Å². The maximum Gasteiger partial charge on any atom is 0.228 e. The molecule has 0 saturated carbocycles. The second kappa shape index (κ2) is 6.86. The van der Waals surface area contributed by atoms with Gasteiger partial charge in [-0.15, -0.1) is 0 Å². The molecule has 1 aromatic rings. The fourth-order valence-electron chi connectivity index (χ4n) is 1.58. The van der Waals surface area contributed by atoms with E-state index in [1.807, 2.05) is 6.92 Å². The smallest absolute Gasteiger partial charge is 0.228 e. The SMILES string of the molecule is CCC(CN)C(=O)Nc1cc(OC)cc(OC)c1. The molecular weight excluding hydrogens is 232 g/mol. The number of rotatable bonds is 6. The molecule has 3 N–H and O–H groups in total. The average Bonchev–Trinajstić information content (AvgIpc) is 2.39. The van der Waals surface area contributed by atoms with E-state index in [9.17, 15) is 4.79 Å². The molecule has 5 nitrogen and oxygen atoms in total. The van der Waals surface area contributed by atoms with Gasteiger partial charge in [0.2, 0.25) is 5.91 Å². The van der Waals surface area contributed by atoms with E-state index in [0.29, 0.717) is 30.2 Å². The second-order valence-corrected chi connectivity index (χ2v) is 3.93. The Balaban J connectivity index is 2.86.